The fourth-order valence-electron chi connectivity index (χ4n) is 4.94. The van der Waals surface area contributed by atoms with E-state index < -0.39 is 0 Å². The summed E-state index contributed by atoms with van der Waals surface area (Å²) in [4.78, 5) is 5.86. The summed E-state index contributed by atoms with van der Waals surface area (Å²) in [5.74, 6) is 1.18. The van der Waals surface area contributed by atoms with Crippen molar-refractivity contribution in [2.45, 2.75) is 43.8 Å². The van der Waals surface area contributed by atoms with Gasteiger partial charge < -0.3 is 13.8 Å². The molecule has 2 aliphatic rings. The Balaban J connectivity index is 1.30. The lowest BCUT2D eigenvalue weighted by Gasteiger charge is -2.40. The largest absolute Gasteiger partial charge is 0.405 e. The summed E-state index contributed by atoms with van der Waals surface area (Å²) in [5.41, 5.74) is 1.37. The van der Waals surface area contributed by atoms with Crippen LogP contribution >= 0.6 is 24.2 Å². The van der Waals surface area contributed by atoms with Crippen LogP contribution in [0, 0.1) is 11.7 Å². The van der Waals surface area contributed by atoms with Crippen LogP contribution in [0.5, 0.6) is 5.75 Å². The maximum Gasteiger partial charge on any atom is 0.176 e. The number of halogens is 1. The van der Waals surface area contributed by atoms with E-state index in [-0.39, 0.29) is 5.82 Å². The Hall–Kier alpha value is -1.65. The molecule has 35 heavy (non-hydrogen) atoms. The number of anilines is 2. The molecule has 2 fully saturated rings. The summed E-state index contributed by atoms with van der Waals surface area (Å²) in [6.07, 6.45) is 2.71. The minimum atomic E-state index is -0.199. The van der Waals surface area contributed by atoms with Gasteiger partial charge in [-0.2, -0.15) is 0 Å². The van der Waals surface area contributed by atoms with E-state index in [1.807, 2.05) is 48.7 Å². The molecular formula is C26H37FN4O2S2. The van der Waals surface area contributed by atoms with Gasteiger partial charge in [0.05, 0.1) is 23.6 Å². The fraction of sp³-hybridized carbons (Fsp3) is 0.538. The second kappa shape index (κ2) is 12.5. The first-order valence-corrected chi connectivity index (χ1v) is 13.8. The molecule has 192 valence electrons. The standard InChI is InChI=1S/C26H37FN4O2S2/c1-19-16-30(17-20(2)32-19)18-21-12-14-31(15-13-21)26-24(27)6-5-7-25(26)28-35-33-22-8-10-23(11-9-22)34-29(3)4/h5-11,19-21,28H,12-18H2,1-4H3. The van der Waals surface area contributed by atoms with Crippen LogP contribution in [0.1, 0.15) is 26.7 Å². The van der Waals surface area contributed by atoms with Crippen LogP contribution in [0.25, 0.3) is 0 Å². The molecule has 9 heteroatoms. The fourth-order valence-corrected chi connectivity index (χ4v) is 6.12. The molecule has 2 atom stereocenters. The van der Waals surface area contributed by atoms with Crippen LogP contribution in [0.4, 0.5) is 15.8 Å². The van der Waals surface area contributed by atoms with Crippen molar-refractivity contribution in [1.29, 1.82) is 0 Å². The van der Waals surface area contributed by atoms with Crippen molar-refractivity contribution in [2.75, 3.05) is 56.4 Å². The van der Waals surface area contributed by atoms with E-state index in [0.717, 1.165) is 74.1 Å². The zero-order chi connectivity index (χ0) is 24.8. The number of nitrogens with zero attached hydrogens (tertiary/aromatic N) is 3. The molecule has 0 spiro atoms. The van der Waals surface area contributed by atoms with Gasteiger partial charge in [0, 0.05) is 37.6 Å². The lowest BCUT2D eigenvalue weighted by Crippen LogP contribution is -2.48. The molecule has 0 saturated carbocycles. The summed E-state index contributed by atoms with van der Waals surface area (Å²) in [7, 11) is 4.03. The predicted molar refractivity (Wildman–Crippen MR) is 146 cm³/mol. The highest BCUT2D eigenvalue weighted by Crippen LogP contribution is 2.35. The second-order valence-electron chi connectivity index (χ2n) is 9.69. The van der Waals surface area contributed by atoms with Crippen molar-refractivity contribution in [1.82, 2.24) is 9.21 Å². The SMILES string of the molecule is CC1CN(CC2CCN(c3c(F)cccc3NSOc3ccc(SN(C)C)cc3)CC2)CC(C)O1. The highest BCUT2D eigenvalue weighted by molar-refractivity contribution is 7.97. The van der Waals surface area contributed by atoms with Gasteiger partial charge in [0.2, 0.25) is 0 Å². The quantitative estimate of drug-likeness (QED) is 0.330. The maximum absolute atomic E-state index is 14.9. The molecular weight excluding hydrogens is 483 g/mol. The molecule has 2 aromatic carbocycles. The second-order valence-corrected chi connectivity index (χ2v) is 11.6. The Morgan fingerprint density at radius 2 is 1.74 bits per heavy atom. The van der Waals surface area contributed by atoms with Gasteiger partial charge in [-0.25, -0.2) is 4.39 Å². The Labute approximate surface area is 218 Å². The zero-order valence-electron chi connectivity index (χ0n) is 21.1. The van der Waals surface area contributed by atoms with Crippen LogP contribution in [0.3, 0.4) is 0 Å². The molecule has 1 N–H and O–H groups in total. The number of hydrogen-bond donors (Lipinski definition) is 1. The van der Waals surface area contributed by atoms with Gasteiger partial charge in [-0.05, 0) is 95.0 Å². The molecule has 0 aliphatic carbocycles. The first-order valence-electron chi connectivity index (χ1n) is 12.3. The number of hydrogen-bond acceptors (Lipinski definition) is 8. The van der Waals surface area contributed by atoms with E-state index >= 15 is 0 Å². The number of benzene rings is 2. The third kappa shape index (κ3) is 7.67. The van der Waals surface area contributed by atoms with Gasteiger partial charge in [0.25, 0.3) is 0 Å². The van der Waals surface area contributed by atoms with Crippen molar-refractivity contribution >= 4 is 35.6 Å². The number of morpholine rings is 1. The van der Waals surface area contributed by atoms with Crippen molar-refractivity contribution in [3.63, 3.8) is 0 Å². The average molecular weight is 521 g/mol. The smallest absolute Gasteiger partial charge is 0.176 e. The number of piperidine rings is 1. The Morgan fingerprint density at radius 1 is 1.06 bits per heavy atom. The van der Waals surface area contributed by atoms with Gasteiger partial charge in [-0.1, -0.05) is 6.07 Å². The van der Waals surface area contributed by atoms with Crippen molar-refractivity contribution in [2.24, 2.45) is 5.92 Å². The van der Waals surface area contributed by atoms with Gasteiger partial charge in [0.1, 0.15) is 11.6 Å². The summed E-state index contributed by atoms with van der Waals surface area (Å²) in [6, 6.07) is 13.1. The number of ether oxygens (including phenoxy) is 1. The van der Waals surface area contributed by atoms with E-state index in [2.05, 4.69) is 28.4 Å². The first-order chi connectivity index (χ1) is 16.9. The molecule has 0 aromatic heterocycles. The lowest BCUT2D eigenvalue weighted by atomic mass is 9.95. The molecule has 2 heterocycles. The monoisotopic (exact) mass is 520 g/mol. The molecule has 0 amide bonds. The normalized spacial score (nSPS) is 21.9. The molecule has 6 nitrogen and oxygen atoms in total. The van der Waals surface area contributed by atoms with Gasteiger partial charge in [-0.3, -0.25) is 13.9 Å². The van der Waals surface area contributed by atoms with Gasteiger partial charge >= 0.3 is 0 Å². The number of rotatable bonds is 9. The first kappa shape index (κ1) is 26.4. The van der Waals surface area contributed by atoms with Crippen LogP contribution < -0.4 is 13.8 Å². The van der Waals surface area contributed by atoms with E-state index in [1.165, 1.54) is 6.07 Å². The highest BCUT2D eigenvalue weighted by Gasteiger charge is 2.28. The summed E-state index contributed by atoms with van der Waals surface area (Å²) >= 11 is 2.77. The van der Waals surface area contributed by atoms with E-state index in [4.69, 9.17) is 8.92 Å². The number of para-hydroxylation sites is 1. The van der Waals surface area contributed by atoms with Crippen LogP contribution in [-0.2, 0) is 4.74 Å². The average Bonchev–Trinajstić information content (AvgIpc) is 2.80. The lowest BCUT2D eigenvalue weighted by molar-refractivity contribution is -0.0720. The molecule has 2 saturated heterocycles. The predicted octanol–water partition coefficient (Wildman–Crippen LogP) is 5.77. The minimum Gasteiger partial charge on any atom is -0.405 e. The van der Waals surface area contributed by atoms with E-state index in [9.17, 15) is 4.39 Å². The molecule has 2 aliphatic heterocycles. The highest BCUT2D eigenvalue weighted by atomic mass is 32.2. The van der Waals surface area contributed by atoms with Crippen molar-refractivity contribution in [3.05, 3.63) is 48.3 Å². The van der Waals surface area contributed by atoms with Gasteiger partial charge in [-0.15, -0.1) is 0 Å². The summed E-state index contributed by atoms with van der Waals surface area (Å²) < 4.78 is 31.9. The van der Waals surface area contributed by atoms with Crippen molar-refractivity contribution < 1.29 is 13.3 Å². The van der Waals surface area contributed by atoms with E-state index in [1.54, 1.807) is 18.0 Å². The van der Waals surface area contributed by atoms with Gasteiger partial charge in [0.15, 0.2) is 12.2 Å². The zero-order valence-corrected chi connectivity index (χ0v) is 22.7. The van der Waals surface area contributed by atoms with Crippen LogP contribution in [0.15, 0.2) is 47.4 Å². The topological polar surface area (TPSA) is 40.2 Å². The molecule has 2 aromatic rings. The molecule has 0 bridgehead atoms. The van der Waals surface area contributed by atoms with Crippen LogP contribution in [0.2, 0.25) is 0 Å². The molecule has 0 radical (unpaired) electrons. The molecule has 2 unspecified atom stereocenters. The minimum absolute atomic E-state index is 0.199. The summed E-state index contributed by atoms with van der Waals surface area (Å²) in [6.45, 7) is 9.11. The molecule has 4 rings (SSSR count). The van der Waals surface area contributed by atoms with Crippen LogP contribution in [-0.4, -0.2) is 68.2 Å². The third-order valence-electron chi connectivity index (χ3n) is 6.33. The Bertz CT molecular complexity index is 931. The Morgan fingerprint density at radius 3 is 2.40 bits per heavy atom. The van der Waals surface area contributed by atoms with E-state index in [0.29, 0.717) is 23.8 Å². The Kier molecular flexibility index (Phi) is 9.46. The maximum atomic E-state index is 14.9. The third-order valence-corrected chi connectivity index (χ3v) is 7.76. The summed E-state index contributed by atoms with van der Waals surface area (Å²) in [5, 5.41) is 0. The van der Waals surface area contributed by atoms with Crippen molar-refractivity contribution in [3.8, 4) is 5.75 Å². The number of nitrogens with one attached hydrogen (secondary N) is 1.